The van der Waals surface area contributed by atoms with Gasteiger partial charge in [0, 0.05) is 23.8 Å². The summed E-state index contributed by atoms with van der Waals surface area (Å²) in [5.74, 6) is -0.0727. The highest BCUT2D eigenvalue weighted by atomic mass is 79.9. The molecule has 0 aromatic heterocycles. The van der Waals surface area contributed by atoms with Crippen LogP contribution in [-0.4, -0.2) is 17.9 Å². The second-order valence-corrected chi connectivity index (χ2v) is 5.80. The van der Waals surface area contributed by atoms with Crippen molar-refractivity contribution in [3.63, 3.8) is 0 Å². The van der Waals surface area contributed by atoms with Crippen LogP contribution < -0.4 is 5.73 Å². The third kappa shape index (κ3) is 3.39. The molecule has 0 saturated heterocycles. The van der Waals surface area contributed by atoms with Crippen LogP contribution in [0.25, 0.3) is 0 Å². The number of hydrogen-bond acceptors (Lipinski definition) is 2. The highest BCUT2D eigenvalue weighted by Gasteiger charge is 2.15. The average molecular weight is 333 g/mol. The predicted molar refractivity (Wildman–Crippen MR) is 85.5 cm³/mol. The molecule has 0 aliphatic carbocycles. The predicted octanol–water partition coefficient (Wildman–Crippen LogP) is 3.61. The Balaban J connectivity index is 2.16. The smallest absolute Gasteiger partial charge is 0.255 e. The first-order valence-electron chi connectivity index (χ1n) is 6.33. The Bertz CT molecular complexity index is 640. The summed E-state index contributed by atoms with van der Waals surface area (Å²) in [6.07, 6.45) is 0. The van der Waals surface area contributed by atoms with Crippen molar-refractivity contribution in [1.29, 1.82) is 0 Å². The molecule has 2 aromatic rings. The standard InChI is InChI=1S/C16H17BrN2O/c1-11-4-3-5-12(8-11)10-19(2)16(20)14-7-6-13(17)9-15(14)18/h3-9H,10,18H2,1-2H3. The number of carbonyl (C=O) groups excluding carboxylic acids is 1. The van der Waals surface area contributed by atoms with Gasteiger partial charge >= 0.3 is 0 Å². The summed E-state index contributed by atoms with van der Waals surface area (Å²) in [6, 6.07) is 13.4. The van der Waals surface area contributed by atoms with Gasteiger partial charge < -0.3 is 10.6 Å². The average Bonchev–Trinajstić information content (AvgIpc) is 2.38. The van der Waals surface area contributed by atoms with Gasteiger partial charge in [0.05, 0.1) is 5.56 Å². The maximum atomic E-state index is 12.4. The fourth-order valence-electron chi connectivity index (χ4n) is 2.09. The van der Waals surface area contributed by atoms with Crippen LogP contribution >= 0.6 is 15.9 Å². The van der Waals surface area contributed by atoms with E-state index in [-0.39, 0.29) is 5.91 Å². The maximum Gasteiger partial charge on any atom is 0.255 e. The van der Waals surface area contributed by atoms with Crippen molar-refractivity contribution >= 4 is 27.5 Å². The molecule has 0 bridgehead atoms. The van der Waals surface area contributed by atoms with Crippen LogP contribution in [-0.2, 0) is 6.54 Å². The Morgan fingerprint density at radius 2 is 2.00 bits per heavy atom. The molecule has 2 aromatic carbocycles. The van der Waals surface area contributed by atoms with Crippen LogP contribution in [0.15, 0.2) is 46.9 Å². The highest BCUT2D eigenvalue weighted by molar-refractivity contribution is 9.10. The van der Waals surface area contributed by atoms with Crippen molar-refractivity contribution in [2.75, 3.05) is 12.8 Å². The van der Waals surface area contributed by atoms with E-state index in [9.17, 15) is 4.79 Å². The lowest BCUT2D eigenvalue weighted by atomic mass is 10.1. The number of carbonyl (C=O) groups is 1. The summed E-state index contributed by atoms with van der Waals surface area (Å²) < 4.78 is 0.868. The van der Waals surface area contributed by atoms with Gasteiger partial charge in [-0.25, -0.2) is 0 Å². The van der Waals surface area contributed by atoms with Crippen LogP contribution in [0.5, 0.6) is 0 Å². The Morgan fingerprint density at radius 1 is 1.25 bits per heavy atom. The van der Waals surface area contributed by atoms with Crippen LogP contribution in [0.3, 0.4) is 0 Å². The molecule has 2 N–H and O–H groups in total. The molecule has 0 fully saturated rings. The number of nitrogen functional groups attached to an aromatic ring is 1. The first-order chi connectivity index (χ1) is 9.47. The summed E-state index contributed by atoms with van der Waals surface area (Å²) >= 11 is 3.34. The van der Waals surface area contributed by atoms with E-state index in [1.165, 1.54) is 5.56 Å². The summed E-state index contributed by atoms with van der Waals surface area (Å²) in [4.78, 5) is 14.1. The van der Waals surface area contributed by atoms with Gasteiger partial charge in [0.25, 0.3) is 5.91 Å². The molecule has 0 unspecified atom stereocenters. The zero-order valence-corrected chi connectivity index (χ0v) is 13.1. The number of hydrogen-bond donors (Lipinski definition) is 1. The van der Waals surface area contributed by atoms with Crippen LogP contribution in [0.4, 0.5) is 5.69 Å². The Kier molecular flexibility index (Phi) is 4.45. The topological polar surface area (TPSA) is 46.3 Å². The molecule has 0 aliphatic rings. The second-order valence-electron chi connectivity index (χ2n) is 4.88. The van der Waals surface area contributed by atoms with E-state index in [0.717, 1.165) is 10.0 Å². The monoisotopic (exact) mass is 332 g/mol. The number of nitrogens with two attached hydrogens (primary N) is 1. The van der Waals surface area contributed by atoms with E-state index < -0.39 is 0 Å². The Hall–Kier alpha value is -1.81. The van der Waals surface area contributed by atoms with Gasteiger partial charge in [-0.1, -0.05) is 45.8 Å². The molecule has 0 saturated carbocycles. The molecule has 0 spiro atoms. The van der Waals surface area contributed by atoms with Crippen LogP contribution in [0.1, 0.15) is 21.5 Å². The van der Waals surface area contributed by atoms with Crippen molar-refractivity contribution in [3.8, 4) is 0 Å². The molecule has 4 heteroatoms. The van der Waals surface area contributed by atoms with E-state index >= 15 is 0 Å². The molecule has 0 atom stereocenters. The second kappa shape index (κ2) is 6.09. The van der Waals surface area contributed by atoms with E-state index in [1.54, 1.807) is 24.1 Å². The number of benzene rings is 2. The van der Waals surface area contributed by atoms with Crippen molar-refractivity contribution in [2.24, 2.45) is 0 Å². The number of nitrogens with zero attached hydrogens (tertiary/aromatic N) is 1. The fraction of sp³-hybridized carbons (Fsp3) is 0.188. The fourth-order valence-corrected chi connectivity index (χ4v) is 2.47. The normalized spacial score (nSPS) is 10.3. The van der Waals surface area contributed by atoms with Crippen molar-refractivity contribution in [3.05, 3.63) is 63.6 Å². The van der Waals surface area contributed by atoms with Gasteiger partial charge in [0.2, 0.25) is 0 Å². The van der Waals surface area contributed by atoms with Gasteiger partial charge in [0.15, 0.2) is 0 Å². The Morgan fingerprint density at radius 3 is 2.65 bits per heavy atom. The van der Waals surface area contributed by atoms with Crippen molar-refractivity contribution in [2.45, 2.75) is 13.5 Å². The molecule has 3 nitrogen and oxygen atoms in total. The summed E-state index contributed by atoms with van der Waals surface area (Å²) in [6.45, 7) is 2.61. The van der Waals surface area contributed by atoms with Gasteiger partial charge in [0.1, 0.15) is 0 Å². The number of aryl methyl sites for hydroxylation is 1. The first kappa shape index (κ1) is 14.6. The lowest BCUT2D eigenvalue weighted by molar-refractivity contribution is 0.0786. The molecule has 0 heterocycles. The Labute approximate surface area is 127 Å². The molecule has 20 heavy (non-hydrogen) atoms. The number of halogens is 1. The largest absolute Gasteiger partial charge is 0.398 e. The van der Waals surface area contributed by atoms with E-state index in [2.05, 4.69) is 22.0 Å². The van der Waals surface area contributed by atoms with Gasteiger partial charge in [-0.05, 0) is 30.7 Å². The molecule has 0 radical (unpaired) electrons. The van der Waals surface area contributed by atoms with E-state index in [4.69, 9.17) is 5.73 Å². The molecular weight excluding hydrogens is 316 g/mol. The van der Waals surface area contributed by atoms with Crippen molar-refractivity contribution in [1.82, 2.24) is 4.90 Å². The third-order valence-electron chi connectivity index (χ3n) is 3.09. The number of amides is 1. The summed E-state index contributed by atoms with van der Waals surface area (Å²) in [7, 11) is 1.78. The zero-order chi connectivity index (χ0) is 14.7. The van der Waals surface area contributed by atoms with Gasteiger partial charge in [-0.3, -0.25) is 4.79 Å². The number of rotatable bonds is 3. The SMILES string of the molecule is Cc1cccc(CN(C)C(=O)c2ccc(Br)cc2N)c1. The zero-order valence-electron chi connectivity index (χ0n) is 11.6. The minimum absolute atomic E-state index is 0.0727. The first-order valence-corrected chi connectivity index (χ1v) is 7.12. The molecule has 0 aliphatic heterocycles. The third-order valence-corrected chi connectivity index (χ3v) is 3.59. The van der Waals surface area contributed by atoms with Gasteiger partial charge in [-0.15, -0.1) is 0 Å². The summed E-state index contributed by atoms with van der Waals surface area (Å²) in [5.41, 5.74) is 9.21. The lowest BCUT2D eigenvalue weighted by Crippen LogP contribution is -2.27. The minimum atomic E-state index is -0.0727. The lowest BCUT2D eigenvalue weighted by Gasteiger charge is -2.18. The number of anilines is 1. The molecular formula is C16H17BrN2O. The molecule has 1 amide bonds. The maximum absolute atomic E-state index is 12.4. The van der Waals surface area contributed by atoms with Crippen LogP contribution in [0, 0.1) is 6.92 Å². The quantitative estimate of drug-likeness (QED) is 0.872. The molecule has 104 valence electrons. The van der Waals surface area contributed by atoms with Crippen LogP contribution in [0.2, 0.25) is 0 Å². The highest BCUT2D eigenvalue weighted by Crippen LogP contribution is 2.20. The van der Waals surface area contributed by atoms with E-state index in [1.807, 2.05) is 31.2 Å². The summed E-state index contributed by atoms with van der Waals surface area (Å²) in [5, 5.41) is 0. The molecule has 2 rings (SSSR count). The van der Waals surface area contributed by atoms with Crippen molar-refractivity contribution < 1.29 is 4.79 Å². The van der Waals surface area contributed by atoms with Gasteiger partial charge in [-0.2, -0.15) is 0 Å². The minimum Gasteiger partial charge on any atom is -0.398 e. The van der Waals surface area contributed by atoms with E-state index in [0.29, 0.717) is 17.8 Å².